The molecule has 2 aliphatic heterocycles. The van der Waals surface area contributed by atoms with Crippen LogP contribution in [-0.2, 0) is 4.79 Å². The number of imide groups is 1. The van der Waals surface area contributed by atoms with Gasteiger partial charge in [0.15, 0.2) is 0 Å². The fourth-order valence-electron chi connectivity index (χ4n) is 3.65. The van der Waals surface area contributed by atoms with Crippen molar-refractivity contribution in [3.63, 3.8) is 0 Å². The number of hydrogen-bond donors (Lipinski definition) is 2. The highest BCUT2D eigenvalue weighted by Gasteiger charge is 2.30. The zero-order valence-electron chi connectivity index (χ0n) is 17.2. The van der Waals surface area contributed by atoms with Gasteiger partial charge in [-0.05, 0) is 61.5 Å². The summed E-state index contributed by atoms with van der Waals surface area (Å²) in [7, 11) is 0. The van der Waals surface area contributed by atoms with Crippen molar-refractivity contribution >= 4 is 41.2 Å². The van der Waals surface area contributed by atoms with Gasteiger partial charge in [0.2, 0.25) is 0 Å². The Hall–Kier alpha value is -4.79. The highest BCUT2D eigenvalue weighted by Crippen LogP contribution is 2.29. The Morgan fingerprint density at radius 3 is 2.45 bits per heavy atom. The van der Waals surface area contributed by atoms with Crippen molar-refractivity contribution < 1.29 is 28.7 Å². The van der Waals surface area contributed by atoms with Gasteiger partial charge in [-0.1, -0.05) is 6.07 Å². The van der Waals surface area contributed by atoms with E-state index in [2.05, 4.69) is 10.4 Å². The van der Waals surface area contributed by atoms with Crippen LogP contribution in [0.5, 0.6) is 0 Å². The molecule has 0 unspecified atom stereocenters. The molecule has 3 heterocycles. The van der Waals surface area contributed by atoms with Gasteiger partial charge in [0.25, 0.3) is 17.7 Å². The molecule has 1 aromatic heterocycles. The number of carbonyl (C=O) groups is 4. The van der Waals surface area contributed by atoms with Crippen LogP contribution in [0.1, 0.15) is 43.8 Å². The van der Waals surface area contributed by atoms with Gasteiger partial charge in [-0.25, -0.2) is 4.79 Å². The van der Waals surface area contributed by atoms with Crippen molar-refractivity contribution in [1.29, 1.82) is 0 Å². The molecule has 9 heteroatoms. The third kappa shape index (κ3) is 3.41. The first-order chi connectivity index (χ1) is 15.8. The molecule has 5 rings (SSSR count). The lowest BCUT2D eigenvalue weighted by atomic mass is 10.0. The summed E-state index contributed by atoms with van der Waals surface area (Å²) in [5.74, 6) is -1.43. The number of fused-ring (bicyclic) bond motifs is 1. The van der Waals surface area contributed by atoms with E-state index in [0.29, 0.717) is 39.6 Å². The number of benzene rings is 2. The summed E-state index contributed by atoms with van der Waals surface area (Å²) in [6.07, 6.45) is 1.57. The Labute approximate surface area is 186 Å². The summed E-state index contributed by atoms with van der Waals surface area (Å²) in [5.41, 5.74) is 2.58. The molecule has 33 heavy (non-hydrogen) atoms. The molecule has 0 atom stereocenters. The van der Waals surface area contributed by atoms with Gasteiger partial charge < -0.3 is 9.52 Å². The standard InChI is InChI=1S/C24H15N3O6/c1-12-18(23(30)27(26-12)15-5-2-13(3-6-15)24(31)32)11-16-7-9-20(33-16)14-4-8-17-19(10-14)22(29)25-21(17)28/h2-11H,1H3,(H,31,32)(H,25,28,29). The Kier molecular flexibility index (Phi) is 4.52. The average Bonchev–Trinajstić information content (AvgIpc) is 3.46. The summed E-state index contributed by atoms with van der Waals surface area (Å²) in [6, 6.07) is 14.1. The number of anilines is 1. The first-order valence-corrected chi connectivity index (χ1v) is 9.87. The summed E-state index contributed by atoms with van der Waals surface area (Å²) in [6.45, 7) is 1.69. The van der Waals surface area contributed by atoms with Crippen molar-refractivity contribution in [2.24, 2.45) is 5.10 Å². The summed E-state index contributed by atoms with van der Waals surface area (Å²) < 4.78 is 5.85. The first kappa shape index (κ1) is 20.1. The summed E-state index contributed by atoms with van der Waals surface area (Å²) in [4.78, 5) is 47.6. The molecular formula is C24H15N3O6. The second-order valence-corrected chi connectivity index (χ2v) is 7.46. The monoisotopic (exact) mass is 441 g/mol. The normalized spacial score (nSPS) is 16.3. The van der Waals surface area contributed by atoms with E-state index in [1.54, 1.807) is 43.3 Å². The quantitative estimate of drug-likeness (QED) is 0.472. The molecule has 0 fully saturated rings. The van der Waals surface area contributed by atoms with E-state index in [1.165, 1.54) is 29.3 Å². The number of furan rings is 1. The number of hydrazone groups is 1. The van der Waals surface area contributed by atoms with E-state index in [1.807, 2.05) is 0 Å². The molecule has 0 spiro atoms. The lowest BCUT2D eigenvalue weighted by Crippen LogP contribution is -2.21. The molecule has 0 bridgehead atoms. The number of nitrogens with one attached hydrogen (secondary N) is 1. The topological polar surface area (TPSA) is 129 Å². The zero-order chi connectivity index (χ0) is 23.3. The van der Waals surface area contributed by atoms with E-state index >= 15 is 0 Å². The molecule has 9 nitrogen and oxygen atoms in total. The van der Waals surface area contributed by atoms with Crippen LogP contribution in [0.4, 0.5) is 5.69 Å². The molecule has 3 aromatic rings. The predicted octanol–water partition coefficient (Wildman–Crippen LogP) is 3.33. The number of hydrogen-bond acceptors (Lipinski definition) is 6. The maximum absolute atomic E-state index is 12.9. The Morgan fingerprint density at radius 2 is 1.73 bits per heavy atom. The highest BCUT2D eigenvalue weighted by molar-refractivity contribution is 6.32. The second-order valence-electron chi connectivity index (χ2n) is 7.46. The third-order valence-corrected chi connectivity index (χ3v) is 5.36. The molecule has 3 amide bonds. The number of carboxylic acid groups (broad SMARTS) is 1. The molecule has 0 aliphatic carbocycles. The van der Waals surface area contributed by atoms with Gasteiger partial charge in [-0.2, -0.15) is 10.1 Å². The van der Waals surface area contributed by atoms with Crippen LogP contribution in [0, 0.1) is 0 Å². The minimum atomic E-state index is -1.06. The lowest BCUT2D eigenvalue weighted by Gasteiger charge is -2.11. The second kappa shape index (κ2) is 7.41. The van der Waals surface area contributed by atoms with E-state index in [-0.39, 0.29) is 17.0 Å². The van der Waals surface area contributed by atoms with Crippen LogP contribution in [-0.4, -0.2) is 34.5 Å². The Balaban J connectivity index is 1.41. The minimum Gasteiger partial charge on any atom is -0.478 e. The van der Waals surface area contributed by atoms with E-state index < -0.39 is 17.8 Å². The molecule has 0 saturated heterocycles. The summed E-state index contributed by atoms with van der Waals surface area (Å²) >= 11 is 0. The van der Waals surface area contributed by atoms with Crippen LogP contribution in [0.3, 0.4) is 0 Å². The number of carbonyl (C=O) groups excluding carboxylic acids is 3. The predicted molar refractivity (Wildman–Crippen MR) is 118 cm³/mol. The van der Waals surface area contributed by atoms with Crippen LogP contribution in [0.2, 0.25) is 0 Å². The van der Waals surface area contributed by atoms with Crippen molar-refractivity contribution in [2.45, 2.75) is 6.92 Å². The molecule has 2 N–H and O–H groups in total. The highest BCUT2D eigenvalue weighted by atomic mass is 16.4. The van der Waals surface area contributed by atoms with Crippen LogP contribution in [0.25, 0.3) is 17.4 Å². The number of rotatable bonds is 4. The Bertz CT molecular complexity index is 1430. The fourth-order valence-corrected chi connectivity index (χ4v) is 3.65. The largest absolute Gasteiger partial charge is 0.478 e. The molecule has 162 valence electrons. The number of aromatic carboxylic acids is 1. The molecule has 0 saturated carbocycles. The van der Waals surface area contributed by atoms with Crippen LogP contribution < -0.4 is 10.3 Å². The van der Waals surface area contributed by atoms with Gasteiger partial charge >= 0.3 is 5.97 Å². The number of nitrogens with zero attached hydrogens (tertiary/aromatic N) is 2. The number of amides is 3. The number of carboxylic acids is 1. The average molecular weight is 441 g/mol. The smallest absolute Gasteiger partial charge is 0.335 e. The van der Waals surface area contributed by atoms with E-state index in [4.69, 9.17) is 9.52 Å². The third-order valence-electron chi connectivity index (χ3n) is 5.36. The minimum absolute atomic E-state index is 0.110. The van der Waals surface area contributed by atoms with Crippen LogP contribution in [0.15, 0.2) is 69.7 Å². The van der Waals surface area contributed by atoms with Crippen LogP contribution >= 0.6 is 0 Å². The van der Waals surface area contributed by atoms with E-state index in [0.717, 1.165) is 0 Å². The van der Waals surface area contributed by atoms with Gasteiger partial charge in [0, 0.05) is 5.56 Å². The summed E-state index contributed by atoms with van der Waals surface area (Å²) in [5, 5.41) is 16.8. The van der Waals surface area contributed by atoms with Gasteiger partial charge in [0.05, 0.1) is 33.7 Å². The maximum Gasteiger partial charge on any atom is 0.335 e. The molecule has 2 aliphatic rings. The van der Waals surface area contributed by atoms with Gasteiger partial charge in [-0.15, -0.1) is 0 Å². The van der Waals surface area contributed by atoms with Gasteiger partial charge in [-0.3, -0.25) is 19.7 Å². The molecule has 0 radical (unpaired) electrons. The van der Waals surface area contributed by atoms with Crippen molar-refractivity contribution in [2.75, 3.05) is 5.01 Å². The van der Waals surface area contributed by atoms with Crippen molar-refractivity contribution in [1.82, 2.24) is 5.32 Å². The first-order valence-electron chi connectivity index (χ1n) is 9.87. The zero-order valence-corrected chi connectivity index (χ0v) is 17.2. The SMILES string of the molecule is CC1=NN(c2ccc(C(=O)O)cc2)C(=O)C1=Cc1ccc(-c2ccc3c(c2)C(=O)NC3=O)o1. The maximum atomic E-state index is 12.9. The van der Waals surface area contributed by atoms with Crippen molar-refractivity contribution in [3.8, 4) is 11.3 Å². The van der Waals surface area contributed by atoms with E-state index in [9.17, 15) is 19.2 Å². The Morgan fingerprint density at radius 1 is 1.00 bits per heavy atom. The fraction of sp³-hybridized carbons (Fsp3) is 0.0417. The molecule has 2 aromatic carbocycles. The lowest BCUT2D eigenvalue weighted by molar-refractivity contribution is -0.114. The molecular weight excluding hydrogens is 426 g/mol. The van der Waals surface area contributed by atoms with Crippen molar-refractivity contribution in [3.05, 3.63) is 82.6 Å². The van der Waals surface area contributed by atoms with Gasteiger partial charge in [0.1, 0.15) is 11.5 Å².